The van der Waals surface area contributed by atoms with Crippen LogP contribution in [0, 0.1) is 6.92 Å². The quantitative estimate of drug-likeness (QED) is 0.869. The van der Waals surface area contributed by atoms with Gasteiger partial charge in [0.05, 0.1) is 6.26 Å². The molecule has 20 heavy (non-hydrogen) atoms. The van der Waals surface area contributed by atoms with Crippen LogP contribution in [0.25, 0.3) is 0 Å². The van der Waals surface area contributed by atoms with Gasteiger partial charge in [-0.1, -0.05) is 6.07 Å². The van der Waals surface area contributed by atoms with E-state index in [1.165, 1.54) is 6.26 Å². The lowest BCUT2D eigenvalue weighted by Gasteiger charge is -2.05. The number of aryl methyl sites for hydroxylation is 1. The first kappa shape index (κ1) is 13.8. The van der Waals surface area contributed by atoms with Gasteiger partial charge in [0, 0.05) is 18.7 Å². The van der Waals surface area contributed by atoms with Crippen LogP contribution in [0.2, 0.25) is 0 Å². The number of nitrogens with one attached hydrogen (secondary N) is 2. The second-order valence-electron chi connectivity index (χ2n) is 4.20. The molecule has 0 saturated heterocycles. The minimum absolute atomic E-state index is 0.169. The van der Waals surface area contributed by atoms with Crippen molar-refractivity contribution in [1.82, 2.24) is 10.3 Å². The van der Waals surface area contributed by atoms with E-state index in [1.807, 2.05) is 19.1 Å². The number of carbonyl (C=O) groups is 2. The molecule has 2 aromatic rings. The molecule has 0 saturated carbocycles. The maximum atomic E-state index is 11.7. The standard InChI is InChI=1S/C14H15N3O3/c1-10-4-2-6-12(16-10)17-13(18)7-8-15-14(19)11-5-3-9-20-11/h2-6,9H,7-8H2,1H3,(H,15,19)(H,16,17,18). The van der Waals surface area contributed by atoms with Crippen LogP contribution >= 0.6 is 0 Å². The number of rotatable bonds is 5. The Kier molecular flexibility index (Phi) is 4.49. The van der Waals surface area contributed by atoms with Gasteiger partial charge in [-0.25, -0.2) is 4.98 Å². The Morgan fingerprint density at radius 3 is 2.80 bits per heavy atom. The molecule has 0 unspecified atom stereocenters. The van der Waals surface area contributed by atoms with Gasteiger partial charge < -0.3 is 15.1 Å². The van der Waals surface area contributed by atoms with E-state index in [4.69, 9.17) is 4.42 Å². The molecule has 0 fully saturated rings. The van der Waals surface area contributed by atoms with Crippen molar-refractivity contribution in [3.8, 4) is 0 Å². The Balaban J connectivity index is 1.74. The molecule has 0 spiro atoms. The van der Waals surface area contributed by atoms with Gasteiger partial charge in [0.15, 0.2) is 5.76 Å². The van der Waals surface area contributed by atoms with Crippen molar-refractivity contribution in [3.05, 3.63) is 48.0 Å². The van der Waals surface area contributed by atoms with E-state index in [0.717, 1.165) is 5.69 Å². The lowest BCUT2D eigenvalue weighted by atomic mass is 10.3. The lowest BCUT2D eigenvalue weighted by Crippen LogP contribution is -2.27. The Hall–Kier alpha value is -2.63. The van der Waals surface area contributed by atoms with Crippen LogP contribution in [0.3, 0.4) is 0 Å². The third-order valence-corrected chi connectivity index (χ3v) is 2.54. The summed E-state index contributed by atoms with van der Waals surface area (Å²) in [6.07, 6.45) is 1.59. The van der Waals surface area contributed by atoms with Gasteiger partial charge in [-0.2, -0.15) is 0 Å². The summed E-state index contributed by atoms with van der Waals surface area (Å²) in [4.78, 5) is 27.4. The molecule has 0 aromatic carbocycles. The van der Waals surface area contributed by atoms with Gasteiger partial charge in [0.2, 0.25) is 5.91 Å². The van der Waals surface area contributed by atoms with Gasteiger partial charge in [0.25, 0.3) is 5.91 Å². The highest BCUT2D eigenvalue weighted by atomic mass is 16.3. The fourth-order valence-corrected chi connectivity index (χ4v) is 1.60. The number of pyridine rings is 1. The average molecular weight is 273 g/mol. The van der Waals surface area contributed by atoms with Crippen LogP contribution in [0.15, 0.2) is 41.0 Å². The summed E-state index contributed by atoms with van der Waals surface area (Å²) in [6.45, 7) is 2.08. The fraction of sp³-hybridized carbons (Fsp3) is 0.214. The Labute approximate surface area is 116 Å². The molecule has 2 amide bonds. The molecule has 2 rings (SSSR count). The Bertz CT molecular complexity index is 593. The van der Waals surface area contributed by atoms with Gasteiger partial charge in [-0.15, -0.1) is 0 Å². The van der Waals surface area contributed by atoms with E-state index < -0.39 is 0 Å². The number of aromatic nitrogens is 1. The minimum atomic E-state index is -0.337. The molecule has 0 radical (unpaired) electrons. The van der Waals surface area contributed by atoms with E-state index in [2.05, 4.69) is 15.6 Å². The predicted molar refractivity (Wildman–Crippen MR) is 73.3 cm³/mol. The molecule has 0 aliphatic carbocycles. The zero-order valence-electron chi connectivity index (χ0n) is 11.1. The number of nitrogens with zero attached hydrogens (tertiary/aromatic N) is 1. The molecule has 0 aliphatic heterocycles. The summed E-state index contributed by atoms with van der Waals surface area (Å²) >= 11 is 0. The molecule has 2 N–H and O–H groups in total. The van der Waals surface area contributed by atoms with E-state index in [9.17, 15) is 9.59 Å². The zero-order valence-corrected chi connectivity index (χ0v) is 11.1. The third kappa shape index (κ3) is 3.94. The highest BCUT2D eigenvalue weighted by molar-refractivity contribution is 5.93. The molecular formula is C14H15N3O3. The van der Waals surface area contributed by atoms with Crippen molar-refractivity contribution in [3.63, 3.8) is 0 Å². The van der Waals surface area contributed by atoms with Crippen LogP contribution in [-0.2, 0) is 4.79 Å². The predicted octanol–water partition coefficient (Wildman–Crippen LogP) is 1.74. The summed E-state index contributed by atoms with van der Waals surface area (Å²) in [5, 5.41) is 5.27. The maximum Gasteiger partial charge on any atom is 0.286 e. The van der Waals surface area contributed by atoms with Crippen molar-refractivity contribution in [2.24, 2.45) is 0 Å². The topological polar surface area (TPSA) is 84.2 Å². The number of amides is 2. The van der Waals surface area contributed by atoms with Gasteiger partial charge in [-0.05, 0) is 31.2 Å². The van der Waals surface area contributed by atoms with Gasteiger partial charge in [-0.3, -0.25) is 9.59 Å². The van der Waals surface area contributed by atoms with Crippen molar-refractivity contribution in [1.29, 1.82) is 0 Å². The molecule has 0 bridgehead atoms. The molecule has 2 heterocycles. The van der Waals surface area contributed by atoms with Crippen molar-refractivity contribution >= 4 is 17.6 Å². The van der Waals surface area contributed by atoms with Crippen LogP contribution in [-0.4, -0.2) is 23.3 Å². The molecular weight excluding hydrogens is 258 g/mol. The van der Waals surface area contributed by atoms with Crippen LogP contribution in [0.4, 0.5) is 5.82 Å². The second-order valence-corrected chi connectivity index (χ2v) is 4.20. The summed E-state index contributed by atoms with van der Waals surface area (Å²) in [5.41, 5.74) is 0.828. The highest BCUT2D eigenvalue weighted by Gasteiger charge is 2.09. The van der Waals surface area contributed by atoms with Gasteiger partial charge in [0.1, 0.15) is 5.82 Å². The molecule has 6 heteroatoms. The highest BCUT2D eigenvalue weighted by Crippen LogP contribution is 2.04. The average Bonchev–Trinajstić information content (AvgIpc) is 2.92. The lowest BCUT2D eigenvalue weighted by molar-refractivity contribution is -0.116. The fourth-order valence-electron chi connectivity index (χ4n) is 1.60. The first-order valence-corrected chi connectivity index (χ1v) is 6.20. The molecule has 0 aliphatic rings. The monoisotopic (exact) mass is 273 g/mol. The number of hydrogen-bond donors (Lipinski definition) is 2. The number of anilines is 1. The first-order valence-electron chi connectivity index (χ1n) is 6.20. The molecule has 104 valence electrons. The summed E-state index contributed by atoms with van der Waals surface area (Å²) in [6, 6.07) is 8.57. The van der Waals surface area contributed by atoms with Gasteiger partial charge >= 0.3 is 0 Å². The smallest absolute Gasteiger partial charge is 0.286 e. The normalized spacial score (nSPS) is 10.1. The van der Waals surface area contributed by atoms with Crippen molar-refractivity contribution in [2.75, 3.05) is 11.9 Å². The molecule has 0 atom stereocenters. The van der Waals surface area contributed by atoms with Crippen molar-refractivity contribution < 1.29 is 14.0 Å². The van der Waals surface area contributed by atoms with E-state index in [1.54, 1.807) is 18.2 Å². The molecule has 2 aromatic heterocycles. The van der Waals surface area contributed by atoms with E-state index >= 15 is 0 Å². The summed E-state index contributed by atoms with van der Waals surface area (Å²) < 4.78 is 4.94. The number of carbonyl (C=O) groups excluding carboxylic acids is 2. The minimum Gasteiger partial charge on any atom is -0.459 e. The van der Waals surface area contributed by atoms with Crippen LogP contribution < -0.4 is 10.6 Å². The largest absolute Gasteiger partial charge is 0.459 e. The Morgan fingerprint density at radius 1 is 1.25 bits per heavy atom. The van der Waals surface area contributed by atoms with Crippen LogP contribution in [0.1, 0.15) is 22.7 Å². The summed E-state index contributed by atoms with van der Waals surface area (Å²) in [5.74, 6) is 0.192. The number of furan rings is 1. The number of hydrogen-bond acceptors (Lipinski definition) is 4. The molecule has 6 nitrogen and oxygen atoms in total. The first-order chi connectivity index (χ1) is 9.65. The second kappa shape index (κ2) is 6.51. The zero-order chi connectivity index (χ0) is 14.4. The van der Waals surface area contributed by atoms with Crippen LogP contribution in [0.5, 0.6) is 0 Å². The summed E-state index contributed by atoms with van der Waals surface area (Å²) in [7, 11) is 0. The van der Waals surface area contributed by atoms with Crippen molar-refractivity contribution in [2.45, 2.75) is 13.3 Å². The third-order valence-electron chi connectivity index (χ3n) is 2.54. The van der Waals surface area contributed by atoms with E-state index in [0.29, 0.717) is 5.82 Å². The Morgan fingerprint density at radius 2 is 2.10 bits per heavy atom. The maximum absolute atomic E-state index is 11.7. The SMILES string of the molecule is Cc1cccc(NC(=O)CCNC(=O)c2ccco2)n1. The van der Waals surface area contributed by atoms with E-state index in [-0.39, 0.29) is 30.5 Å².